The monoisotopic (exact) mass is 657 g/mol. The first-order chi connectivity index (χ1) is 22.8. The van der Waals surface area contributed by atoms with Crippen LogP contribution in [-0.2, 0) is 16.1 Å². The zero-order chi connectivity index (χ0) is 32.9. The maximum absolute atomic E-state index is 15.3. The lowest BCUT2D eigenvalue weighted by Crippen LogP contribution is -2.32. The first-order valence-corrected chi connectivity index (χ1v) is 15.3. The van der Waals surface area contributed by atoms with Crippen LogP contribution in [0.2, 0.25) is 0 Å². The van der Waals surface area contributed by atoms with E-state index in [0.717, 1.165) is 12.0 Å². The highest BCUT2D eigenvalue weighted by Gasteiger charge is 2.37. The molecule has 13 heteroatoms. The van der Waals surface area contributed by atoms with Gasteiger partial charge in [-0.05, 0) is 48.0 Å². The van der Waals surface area contributed by atoms with Gasteiger partial charge in [0.2, 0.25) is 11.8 Å². The molecule has 242 valence electrons. The summed E-state index contributed by atoms with van der Waals surface area (Å²) < 4.78 is 38.5. The number of methoxy groups -OCH3 is 1. The predicted molar refractivity (Wildman–Crippen MR) is 176 cm³/mol. The quantitative estimate of drug-likeness (QED) is 0.164. The van der Waals surface area contributed by atoms with Crippen molar-refractivity contribution >= 4 is 45.9 Å². The van der Waals surface area contributed by atoms with Crippen molar-refractivity contribution < 1.29 is 32.9 Å². The van der Waals surface area contributed by atoms with Crippen LogP contribution in [0, 0.1) is 17.7 Å². The van der Waals surface area contributed by atoms with E-state index in [9.17, 15) is 9.59 Å². The van der Waals surface area contributed by atoms with E-state index in [-0.39, 0.29) is 52.9 Å². The summed E-state index contributed by atoms with van der Waals surface area (Å²) in [5, 5.41) is 5.48. The molecule has 2 amide bonds. The standard InChI is InChI=1S/C34H32FN5O6S/c1-20(41)38-33(47)39-26-9-6-10-28(31(26)35)46-32-25-13-29(43-2)30(14-27(25)36-19-37-32)44-18-22-11-23-15-40(16-24(23)12-22)34(42)45-17-21-7-4-3-5-8-21/h3-11,13-14,19,22,24H,12,15-18H2,1-2H3,(H2,38,39,41,47). The molecule has 6 rings (SSSR count). The van der Waals surface area contributed by atoms with Crippen LogP contribution < -0.4 is 24.8 Å². The third-order valence-electron chi connectivity index (χ3n) is 7.88. The van der Waals surface area contributed by atoms with Gasteiger partial charge < -0.3 is 34.5 Å². The second kappa shape index (κ2) is 14.0. The Morgan fingerprint density at radius 1 is 1.06 bits per heavy atom. The van der Waals surface area contributed by atoms with E-state index in [2.05, 4.69) is 26.7 Å². The Morgan fingerprint density at radius 3 is 2.66 bits per heavy atom. The molecule has 0 bridgehead atoms. The van der Waals surface area contributed by atoms with Crippen LogP contribution in [-0.4, -0.2) is 58.8 Å². The third-order valence-corrected chi connectivity index (χ3v) is 8.09. The highest BCUT2D eigenvalue weighted by atomic mass is 32.1. The van der Waals surface area contributed by atoms with Crippen LogP contribution in [0.15, 0.2) is 78.6 Å². The number of halogens is 1. The fourth-order valence-corrected chi connectivity index (χ4v) is 5.96. The second-order valence-electron chi connectivity index (χ2n) is 11.2. The van der Waals surface area contributed by atoms with Gasteiger partial charge in [-0.1, -0.05) is 42.5 Å². The number of nitrogens with one attached hydrogen (secondary N) is 2. The van der Waals surface area contributed by atoms with E-state index in [4.69, 9.17) is 31.2 Å². The molecule has 2 aliphatic rings. The molecule has 2 N–H and O–H groups in total. The topological polar surface area (TPSA) is 124 Å². The third kappa shape index (κ3) is 7.41. The van der Waals surface area contributed by atoms with Crippen LogP contribution in [0.5, 0.6) is 23.1 Å². The van der Waals surface area contributed by atoms with Gasteiger partial charge in [0, 0.05) is 37.9 Å². The Balaban J connectivity index is 1.10. The number of aromatic nitrogens is 2. The van der Waals surface area contributed by atoms with E-state index in [1.165, 1.54) is 38.1 Å². The van der Waals surface area contributed by atoms with Crippen molar-refractivity contribution in [2.24, 2.45) is 11.8 Å². The lowest BCUT2D eigenvalue weighted by Gasteiger charge is -2.18. The van der Waals surface area contributed by atoms with Crippen molar-refractivity contribution in [3.63, 3.8) is 0 Å². The van der Waals surface area contributed by atoms with Crippen molar-refractivity contribution in [2.45, 2.75) is 20.0 Å². The minimum atomic E-state index is -0.721. The van der Waals surface area contributed by atoms with Gasteiger partial charge in [-0.2, -0.15) is 0 Å². The zero-order valence-corrected chi connectivity index (χ0v) is 26.5. The van der Waals surface area contributed by atoms with E-state index < -0.39 is 5.82 Å². The van der Waals surface area contributed by atoms with Gasteiger partial charge in [0.25, 0.3) is 0 Å². The molecule has 0 radical (unpaired) electrons. The number of anilines is 1. The van der Waals surface area contributed by atoms with Crippen LogP contribution in [0.4, 0.5) is 14.9 Å². The van der Waals surface area contributed by atoms with Crippen molar-refractivity contribution in [2.75, 3.05) is 32.1 Å². The summed E-state index contributed by atoms with van der Waals surface area (Å²) in [6.07, 6.45) is 4.07. The number of carbonyl (C=O) groups excluding carboxylic acids is 2. The smallest absolute Gasteiger partial charge is 0.410 e. The number of amides is 2. The number of hydrogen-bond donors (Lipinski definition) is 2. The molecule has 2 atom stereocenters. The summed E-state index contributed by atoms with van der Waals surface area (Å²) in [4.78, 5) is 34.2. The molecule has 0 spiro atoms. The zero-order valence-electron chi connectivity index (χ0n) is 25.7. The first kappa shape index (κ1) is 31.7. The number of nitrogens with zero attached hydrogens (tertiary/aromatic N) is 3. The molecule has 1 fully saturated rings. The number of carbonyl (C=O) groups is 2. The lowest BCUT2D eigenvalue weighted by molar-refractivity contribution is -0.117. The molecule has 47 heavy (non-hydrogen) atoms. The Morgan fingerprint density at radius 2 is 1.89 bits per heavy atom. The molecule has 1 saturated heterocycles. The number of rotatable bonds is 9. The number of ether oxygens (including phenoxy) is 4. The fourth-order valence-electron chi connectivity index (χ4n) is 5.71. The summed E-state index contributed by atoms with van der Waals surface area (Å²) in [7, 11) is 1.53. The lowest BCUT2D eigenvalue weighted by atomic mass is 10.0. The van der Waals surface area contributed by atoms with Gasteiger partial charge in [-0.15, -0.1) is 0 Å². The van der Waals surface area contributed by atoms with Gasteiger partial charge in [-0.25, -0.2) is 19.2 Å². The molecule has 3 aromatic carbocycles. The molecule has 1 aliphatic carbocycles. The minimum Gasteiger partial charge on any atom is -0.493 e. The summed E-state index contributed by atoms with van der Waals surface area (Å²) >= 11 is 5.04. The Hall–Kier alpha value is -5.30. The summed E-state index contributed by atoms with van der Waals surface area (Å²) in [5.41, 5.74) is 2.71. The Bertz CT molecular complexity index is 1860. The van der Waals surface area contributed by atoms with Crippen LogP contribution in [0.25, 0.3) is 10.9 Å². The number of thiocarbonyl (C=S) groups is 1. The second-order valence-corrected chi connectivity index (χ2v) is 11.6. The van der Waals surface area contributed by atoms with E-state index in [1.807, 2.05) is 30.3 Å². The minimum absolute atomic E-state index is 0.0228. The van der Waals surface area contributed by atoms with Gasteiger partial charge in [0.15, 0.2) is 28.2 Å². The molecular formula is C34H32FN5O6S. The van der Waals surface area contributed by atoms with E-state index in [0.29, 0.717) is 42.1 Å². The van der Waals surface area contributed by atoms with Crippen molar-refractivity contribution in [1.29, 1.82) is 0 Å². The number of likely N-dealkylation sites (tertiary alicyclic amines) is 1. The molecule has 1 aliphatic heterocycles. The Labute approximate surface area is 275 Å². The molecule has 0 saturated carbocycles. The highest BCUT2D eigenvalue weighted by Crippen LogP contribution is 2.40. The molecular weight excluding hydrogens is 625 g/mol. The Kier molecular flexibility index (Phi) is 9.43. The van der Waals surface area contributed by atoms with Crippen LogP contribution in [0.1, 0.15) is 18.9 Å². The summed E-state index contributed by atoms with van der Waals surface area (Å²) in [5.74, 6) is 0.276. The number of fused-ring (bicyclic) bond motifs is 2. The molecule has 2 heterocycles. The number of hydrogen-bond acceptors (Lipinski definition) is 9. The van der Waals surface area contributed by atoms with Crippen molar-refractivity contribution in [1.82, 2.24) is 20.2 Å². The van der Waals surface area contributed by atoms with Crippen molar-refractivity contribution in [3.05, 3.63) is 90.0 Å². The summed E-state index contributed by atoms with van der Waals surface area (Å²) in [6.45, 7) is 3.14. The van der Waals surface area contributed by atoms with Crippen molar-refractivity contribution in [3.8, 4) is 23.1 Å². The average Bonchev–Trinajstić information content (AvgIpc) is 3.64. The largest absolute Gasteiger partial charge is 0.493 e. The molecule has 11 nitrogen and oxygen atoms in total. The van der Waals surface area contributed by atoms with Crippen LogP contribution >= 0.6 is 12.2 Å². The van der Waals surface area contributed by atoms with Gasteiger partial charge in [0.1, 0.15) is 12.9 Å². The maximum atomic E-state index is 15.3. The number of benzene rings is 3. The maximum Gasteiger partial charge on any atom is 0.410 e. The first-order valence-electron chi connectivity index (χ1n) is 14.9. The van der Waals surface area contributed by atoms with Gasteiger partial charge in [-0.3, -0.25) is 4.79 Å². The normalized spacial score (nSPS) is 16.7. The van der Waals surface area contributed by atoms with E-state index >= 15 is 4.39 Å². The SMILES string of the molecule is COc1cc2c(Oc3cccc(NC(=S)NC(C)=O)c3F)ncnc2cc1OCC1C=C2CN(C(=O)OCc3ccccc3)CC2C1. The fraction of sp³-hybridized carbons (Fsp3) is 0.265. The van der Waals surface area contributed by atoms with Gasteiger partial charge in [0.05, 0.1) is 30.3 Å². The highest BCUT2D eigenvalue weighted by molar-refractivity contribution is 7.80. The molecule has 4 aromatic rings. The van der Waals surface area contributed by atoms with Gasteiger partial charge >= 0.3 is 6.09 Å². The molecule has 2 unspecified atom stereocenters. The molecule has 1 aromatic heterocycles. The van der Waals surface area contributed by atoms with Crippen LogP contribution in [0.3, 0.4) is 0 Å². The predicted octanol–water partition coefficient (Wildman–Crippen LogP) is 6.00. The van der Waals surface area contributed by atoms with E-state index in [1.54, 1.807) is 23.1 Å². The summed E-state index contributed by atoms with van der Waals surface area (Å²) in [6, 6.07) is 17.5. The average molecular weight is 658 g/mol.